The molecule has 0 aliphatic carbocycles. The van der Waals surface area contributed by atoms with Gasteiger partial charge in [0.2, 0.25) is 0 Å². The molecule has 0 radical (unpaired) electrons. The molecule has 2 aromatic heterocycles. The minimum absolute atomic E-state index is 0.184. The first-order valence-electron chi connectivity index (χ1n) is 6.56. The lowest BCUT2D eigenvalue weighted by molar-refractivity contribution is 0.517. The van der Waals surface area contributed by atoms with E-state index < -0.39 is 0 Å². The number of fused-ring (bicyclic) bond motifs is 3. The second kappa shape index (κ2) is 4.07. The van der Waals surface area contributed by atoms with Crippen molar-refractivity contribution in [1.29, 1.82) is 0 Å². The normalized spacial score (nSPS) is 12.4. The lowest BCUT2D eigenvalue weighted by Crippen LogP contribution is -2.34. The fourth-order valence-corrected chi connectivity index (χ4v) is 2.74. The van der Waals surface area contributed by atoms with Crippen LogP contribution in [-0.2, 0) is 13.5 Å². The van der Waals surface area contributed by atoms with Crippen molar-refractivity contribution < 1.29 is 0 Å². The lowest BCUT2D eigenvalue weighted by Gasteiger charge is -2.18. The SMILES string of the molecule is Cn1c2ccncc2c2cc(CC(C)(C)N)ccc21. The van der Waals surface area contributed by atoms with Crippen LogP contribution in [0.15, 0.2) is 36.7 Å². The van der Waals surface area contributed by atoms with Crippen molar-refractivity contribution in [3.8, 4) is 0 Å². The van der Waals surface area contributed by atoms with E-state index in [-0.39, 0.29) is 5.54 Å². The van der Waals surface area contributed by atoms with E-state index in [4.69, 9.17) is 5.73 Å². The monoisotopic (exact) mass is 253 g/mol. The van der Waals surface area contributed by atoms with Gasteiger partial charge in [-0.05, 0) is 44.0 Å². The highest BCUT2D eigenvalue weighted by molar-refractivity contribution is 6.07. The third-order valence-corrected chi connectivity index (χ3v) is 3.53. The molecule has 3 nitrogen and oxygen atoms in total. The largest absolute Gasteiger partial charge is 0.344 e. The molecular formula is C16H19N3. The molecule has 0 spiro atoms. The van der Waals surface area contributed by atoms with Gasteiger partial charge in [-0.3, -0.25) is 4.98 Å². The Morgan fingerprint density at radius 2 is 1.89 bits per heavy atom. The fraction of sp³-hybridized carbons (Fsp3) is 0.312. The molecule has 1 aromatic carbocycles. The van der Waals surface area contributed by atoms with Gasteiger partial charge < -0.3 is 10.3 Å². The molecule has 0 saturated heterocycles. The molecule has 3 rings (SSSR count). The van der Waals surface area contributed by atoms with Gasteiger partial charge in [0.1, 0.15) is 0 Å². The van der Waals surface area contributed by atoms with Crippen LogP contribution in [0.4, 0.5) is 0 Å². The summed E-state index contributed by atoms with van der Waals surface area (Å²) >= 11 is 0. The number of hydrogen-bond donors (Lipinski definition) is 1. The summed E-state index contributed by atoms with van der Waals surface area (Å²) < 4.78 is 2.21. The van der Waals surface area contributed by atoms with Crippen molar-refractivity contribution in [2.24, 2.45) is 12.8 Å². The smallest absolute Gasteiger partial charge is 0.0519 e. The first-order valence-corrected chi connectivity index (χ1v) is 6.56. The lowest BCUT2D eigenvalue weighted by atomic mass is 9.95. The van der Waals surface area contributed by atoms with Gasteiger partial charge in [-0.15, -0.1) is 0 Å². The molecule has 0 bridgehead atoms. The van der Waals surface area contributed by atoms with Crippen LogP contribution < -0.4 is 5.73 Å². The summed E-state index contributed by atoms with van der Waals surface area (Å²) in [4.78, 5) is 4.24. The molecular weight excluding hydrogens is 234 g/mol. The second-order valence-corrected chi connectivity index (χ2v) is 5.97. The van der Waals surface area contributed by atoms with Gasteiger partial charge in [0.05, 0.1) is 5.52 Å². The summed E-state index contributed by atoms with van der Waals surface area (Å²) in [7, 11) is 2.09. The second-order valence-electron chi connectivity index (χ2n) is 5.97. The van der Waals surface area contributed by atoms with E-state index in [9.17, 15) is 0 Å². The number of pyridine rings is 1. The van der Waals surface area contributed by atoms with Gasteiger partial charge >= 0.3 is 0 Å². The third kappa shape index (κ3) is 2.10. The highest BCUT2D eigenvalue weighted by Gasteiger charge is 2.14. The van der Waals surface area contributed by atoms with Crippen molar-refractivity contribution in [2.75, 3.05) is 0 Å². The van der Waals surface area contributed by atoms with Crippen LogP contribution in [0.1, 0.15) is 19.4 Å². The number of aromatic nitrogens is 2. The summed E-state index contributed by atoms with van der Waals surface area (Å²) in [5.74, 6) is 0. The van der Waals surface area contributed by atoms with Gasteiger partial charge in [-0.2, -0.15) is 0 Å². The van der Waals surface area contributed by atoms with Crippen LogP contribution in [0.25, 0.3) is 21.8 Å². The first kappa shape index (κ1) is 12.2. The zero-order chi connectivity index (χ0) is 13.6. The number of benzene rings is 1. The molecule has 0 atom stereocenters. The fourth-order valence-electron chi connectivity index (χ4n) is 2.74. The maximum absolute atomic E-state index is 6.11. The van der Waals surface area contributed by atoms with E-state index in [1.165, 1.54) is 27.4 Å². The predicted octanol–water partition coefficient (Wildman–Crippen LogP) is 3.01. The summed E-state index contributed by atoms with van der Waals surface area (Å²) in [5, 5.41) is 2.46. The van der Waals surface area contributed by atoms with Crippen molar-refractivity contribution in [2.45, 2.75) is 25.8 Å². The molecule has 0 aliphatic heterocycles. The van der Waals surface area contributed by atoms with Gasteiger partial charge in [0.15, 0.2) is 0 Å². The standard InChI is InChI=1S/C16H19N3/c1-16(2,17)9-11-4-5-14-12(8-11)13-10-18-7-6-15(13)19(14)3/h4-8,10H,9,17H2,1-3H3. The zero-order valence-electron chi connectivity index (χ0n) is 11.6. The van der Waals surface area contributed by atoms with Crippen molar-refractivity contribution in [1.82, 2.24) is 9.55 Å². The summed E-state index contributed by atoms with van der Waals surface area (Å²) in [6.07, 6.45) is 4.65. The maximum atomic E-state index is 6.11. The number of aryl methyl sites for hydroxylation is 1. The highest BCUT2D eigenvalue weighted by Crippen LogP contribution is 2.28. The van der Waals surface area contributed by atoms with Crippen LogP contribution >= 0.6 is 0 Å². The topological polar surface area (TPSA) is 43.8 Å². The quantitative estimate of drug-likeness (QED) is 0.763. The zero-order valence-corrected chi connectivity index (χ0v) is 11.6. The Balaban J connectivity index is 2.25. The molecule has 0 fully saturated rings. The third-order valence-electron chi connectivity index (χ3n) is 3.53. The first-order chi connectivity index (χ1) is 8.96. The van der Waals surface area contributed by atoms with Gasteiger partial charge in [-0.1, -0.05) is 6.07 Å². The van der Waals surface area contributed by atoms with Crippen LogP contribution in [0.5, 0.6) is 0 Å². The summed E-state index contributed by atoms with van der Waals surface area (Å²) in [6.45, 7) is 4.11. The van der Waals surface area contributed by atoms with E-state index in [1.54, 1.807) is 0 Å². The molecule has 0 saturated carbocycles. The van der Waals surface area contributed by atoms with Crippen molar-refractivity contribution in [3.05, 3.63) is 42.2 Å². The molecule has 2 N–H and O–H groups in total. The minimum atomic E-state index is -0.184. The number of hydrogen-bond acceptors (Lipinski definition) is 2. The van der Waals surface area contributed by atoms with Gasteiger partial charge in [0, 0.05) is 41.3 Å². The number of rotatable bonds is 2. The van der Waals surface area contributed by atoms with E-state index in [0.717, 1.165) is 6.42 Å². The van der Waals surface area contributed by atoms with E-state index in [1.807, 2.05) is 12.4 Å². The number of nitrogens with two attached hydrogens (primary N) is 1. The molecule has 98 valence electrons. The summed E-state index contributed by atoms with van der Waals surface area (Å²) in [5.41, 5.74) is 9.66. The Morgan fingerprint density at radius 1 is 1.16 bits per heavy atom. The van der Waals surface area contributed by atoms with E-state index in [0.29, 0.717) is 0 Å². The maximum Gasteiger partial charge on any atom is 0.0519 e. The molecule has 0 amide bonds. The van der Waals surface area contributed by atoms with Crippen LogP contribution in [-0.4, -0.2) is 15.1 Å². The molecule has 19 heavy (non-hydrogen) atoms. The Kier molecular flexibility index (Phi) is 2.61. The van der Waals surface area contributed by atoms with Gasteiger partial charge in [-0.25, -0.2) is 0 Å². The van der Waals surface area contributed by atoms with Crippen LogP contribution in [0.2, 0.25) is 0 Å². The van der Waals surface area contributed by atoms with E-state index >= 15 is 0 Å². The predicted molar refractivity (Wildman–Crippen MR) is 80.2 cm³/mol. The van der Waals surface area contributed by atoms with Crippen LogP contribution in [0, 0.1) is 0 Å². The molecule has 3 aromatic rings. The minimum Gasteiger partial charge on any atom is -0.344 e. The van der Waals surface area contributed by atoms with Gasteiger partial charge in [0.25, 0.3) is 0 Å². The Bertz CT molecular complexity index is 748. The molecule has 0 unspecified atom stereocenters. The van der Waals surface area contributed by atoms with Crippen LogP contribution in [0.3, 0.4) is 0 Å². The Morgan fingerprint density at radius 3 is 2.63 bits per heavy atom. The molecule has 0 aliphatic rings. The van der Waals surface area contributed by atoms with Crippen molar-refractivity contribution in [3.63, 3.8) is 0 Å². The Hall–Kier alpha value is -1.87. The Labute approximate surface area is 113 Å². The molecule has 2 heterocycles. The van der Waals surface area contributed by atoms with E-state index in [2.05, 4.69) is 54.7 Å². The highest BCUT2D eigenvalue weighted by atomic mass is 14.9. The average Bonchev–Trinajstić information content (AvgIpc) is 2.62. The summed E-state index contributed by atoms with van der Waals surface area (Å²) in [6, 6.07) is 8.65. The van der Waals surface area contributed by atoms with Crippen molar-refractivity contribution >= 4 is 21.8 Å². The molecule has 3 heteroatoms. The average molecular weight is 253 g/mol. The number of nitrogens with zero attached hydrogens (tertiary/aromatic N) is 2.